The molecule has 0 bridgehead atoms. The molecule has 2 saturated heterocycles. The molecule has 2 aliphatic rings. The van der Waals surface area contributed by atoms with E-state index in [1.807, 2.05) is 6.07 Å². The van der Waals surface area contributed by atoms with E-state index in [-0.39, 0.29) is 6.10 Å². The zero-order chi connectivity index (χ0) is 16.6. The number of anilines is 1. The standard InChI is InChI=1S/C19H30N2O3/c22-18(14-23-15-19-7-4-12-24-19)13-21-10-8-17(9-11-21)20-16-5-2-1-3-6-16/h1-3,5-6,17-20,22H,4,7-15H2. The summed E-state index contributed by atoms with van der Waals surface area (Å²) in [5.41, 5.74) is 1.19. The first-order chi connectivity index (χ1) is 11.8. The summed E-state index contributed by atoms with van der Waals surface area (Å²) in [5, 5.41) is 13.7. The summed E-state index contributed by atoms with van der Waals surface area (Å²) >= 11 is 0. The number of para-hydroxylation sites is 1. The van der Waals surface area contributed by atoms with Gasteiger partial charge in [0.2, 0.25) is 0 Å². The maximum Gasteiger partial charge on any atom is 0.0900 e. The topological polar surface area (TPSA) is 54.0 Å². The van der Waals surface area contributed by atoms with Crippen LogP contribution in [0.15, 0.2) is 30.3 Å². The van der Waals surface area contributed by atoms with E-state index in [4.69, 9.17) is 9.47 Å². The number of hydrogen-bond donors (Lipinski definition) is 2. The highest BCUT2D eigenvalue weighted by Crippen LogP contribution is 2.17. The summed E-state index contributed by atoms with van der Waals surface area (Å²) in [6.45, 7) is 4.61. The predicted octanol–water partition coefficient (Wildman–Crippen LogP) is 2.12. The van der Waals surface area contributed by atoms with Crippen molar-refractivity contribution in [3.05, 3.63) is 30.3 Å². The fourth-order valence-electron chi connectivity index (χ4n) is 3.49. The molecule has 2 aliphatic heterocycles. The van der Waals surface area contributed by atoms with Gasteiger partial charge in [-0.1, -0.05) is 18.2 Å². The van der Waals surface area contributed by atoms with E-state index in [9.17, 15) is 5.11 Å². The molecule has 0 aliphatic carbocycles. The number of rotatable bonds is 8. The van der Waals surface area contributed by atoms with Crippen molar-refractivity contribution in [2.24, 2.45) is 0 Å². The van der Waals surface area contributed by atoms with E-state index < -0.39 is 6.10 Å². The van der Waals surface area contributed by atoms with Crippen molar-refractivity contribution >= 4 is 5.69 Å². The Hall–Kier alpha value is -1.14. The number of nitrogens with one attached hydrogen (secondary N) is 1. The van der Waals surface area contributed by atoms with Gasteiger partial charge in [-0.3, -0.25) is 0 Å². The third-order valence-corrected chi connectivity index (χ3v) is 4.84. The summed E-state index contributed by atoms with van der Waals surface area (Å²) in [6.07, 6.45) is 4.25. The number of ether oxygens (including phenoxy) is 2. The molecule has 2 fully saturated rings. The number of aliphatic hydroxyl groups excluding tert-OH is 1. The normalized spacial score (nSPS) is 24.1. The van der Waals surface area contributed by atoms with Gasteiger partial charge in [0, 0.05) is 38.0 Å². The van der Waals surface area contributed by atoms with Crippen molar-refractivity contribution in [2.45, 2.75) is 43.9 Å². The molecule has 0 saturated carbocycles. The van der Waals surface area contributed by atoms with Crippen LogP contribution in [0, 0.1) is 0 Å². The van der Waals surface area contributed by atoms with E-state index in [1.54, 1.807) is 0 Å². The molecule has 5 heteroatoms. The molecule has 0 spiro atoms. The first kappa shape index (κ1) is 17.7. The van der Waals surface area contributed by atoms with Gasteiger partial charge in [-0.05, 0) is 37.8 Å². The molecular weight excluding hydrogens is 304 g/mol. The molecule has 0 radical (unpaired) electrons. The highest BCUT2D eigenvalue weighted by atomic mass is 16.5. The monoisotopic (exact) mass is 334 g/mol. The second kappa shape index (κ2) is 9.37. The molecule has 3 rings (SSSR count). The maximum absolute atomic E-state index is 10.2. The quantitative estimate of drug-likeness (QED) is 0.763. The van der Waals surface area contributed by atoms with Gasteiger partial charge in [0.05, 0.1) is 25.4 Å². The maximum atomic E-state index is 10.2. The first-order valence-corrected chi connectivity index (χ1v) is 9.21. The van der Waals surface area contributed by atoms with Crippen LogP contribution in [0.1, 0.15) is 25.7 Å². The van der Waals surface area contributed by atoms with Gasteiger partial charge in [0.15, 0.2) is 0 Å². The van der Waals surface area contributed by atoms with Crippen LogP contribution in [0.2, 0.25) is 0 Å². The van der Waals surface area contributed by atoms with Gasteiger partial charge in [0.1, 0.15) is 0 Å². The zero-order valence-electron chi connectivity index (χ0n) is 14.4. The summed E-state index contributed by atoms with van der Waals surface area (Å²) < 4.78 is 11.1. The summed E-state index contributed by atoms with van der Waals surface area (Å²) in [5.74, 6) is 0. The molecule has 134 valence electrons. The van der Waals surface area contributed by atoms with Gasteiger partial charge in [0.25, 0.3) is 0 Å². The van der Waals surface area contributed by atoms with Gasteiger partial charge >= 0.3 is 0 Å². The van der Waals surface area contributed by atoms with Crippen LogP contribution in [0.3, 0.4) is 0 Å². The minimum Gasteiger partial charge on any atom is -0.389 e. The Morgan fingerprint density at radius 2 is 2.00 bits per heavy atom. The van der Waals surface area contributed by atoms with Crippen molar-refractivity contribution in [3.63, 3.8) is 0 Å². The number of likely N-dealkylation sites (tertiary alicyclic amines) is 1. The molecule has 5 nitrogen and oxygen atoms in total. The van der Waals surface area contributed by atoms with Crippen molar-refractivity contribution in [3.8, 4) is 0 Å². The second-order valence-electron chi connectivity index (χ2n) is 6.91. The predicted molar refractivity (Wildman–Crippen MR) is 95.3 cm³/mol. The molecule has 1 aromatic carbocycles. The summed E-state index contributed by atoms with van der Waals surface area (Å²) in [4.78, 5) is 2.34. The lowest BCUT2D eigenvalue weighted by Gasteiger charge is -2.34. The van der Waals surface area contributed by atoms with Crippen LogP contribution in [-0.4, -0.2) is 67.7 Å². The molecule has 24 heavy (non-hydrogen) atoms. The van der Waals surface area contributed by atoms with E-state index in [2.05, 4.69) is 34.5 Å². The lowest BCUT2D eigenvalue weighted by molar-refractivity contribution is -0.0265. The van der Waals surface area contributed by atoms with Crippen LogP contribution >= 0.6 is 0 Å². The van der Waals surface area contributed by atoms with Gasteiger partial charge in [-0.15, -0.1) is 0 Å². The molecular formula is C19H30N2O3. The SMILES string of the molecule is OC(COCC1CCCO1)CN1CCC(Nc2ccccc2)CC1. The third-order valence-electron chi connectivity index (χ3n) is 4.84. The van der Waals surface area contributed by atoms with Crippen molar-refractivity contribution in [1.82, 2.24) is 4.90 Å². The Balaban J connectivity index is 1.28. The average Bonchev–Trinajstić information content (AvgIpc) is 3.11. The number of hydrogen-bond acceptors (Lipinski definition) is 5. The average molecular weight is 334 g/mol. The Bertz CT molecular complexity index is 457. The molecule has 0 amide bonds. The highest BCUT2D eigenvalue weighted by Gasteiger charge is 2.21. The van der Waals surface area contributed by atoms with Gasteiger partial charge < -0.3 is 24.8 Å². The Labute approximate surface area is 144 Å². The minimum absolute atomic E-state index is 0.233. The van der Waals surface area contributed by atoms with Crippen LogP contribution in [0.4, 0.5) is 5.69 Å². The smallest absolute Gasteiger partial charge is 0.0900 e. The van der Waals surface area contributed by atoms with Gasteiger partial charge in [-0.2, -0.15) is 0 Å². The van der Waals surface area contributed by atoms with Crippen LogP contribution in [0.5, 0.6) is 0 Å². The fraction of sp³-hybridized carbons (Fsp3) is 0.684. The molecule has 2 N–H and O–H groups in total. The first-order valence-electron chi connectivity index (χ1n) is 9.21. The van der Waals surface area contributed by atoms with Crippen molar-refractivity contribution < 1.29 is 14.6 Å². The van der Waals surface area contributed by atoms with Crippen LogP contribution < -0.4 is 5.32 Å². The largest absolute Gasteiger partial charge is 0.389 e. The fourth-order valence-corrected chi connectivity index (χ4v) is 3.49. The van der Waals surface area contributed by atoms with E-state index in [1.165, 1.54) is 5.69 Å². The zero-order valence-corrected chi connectivity index (χ0v) is 14.4. The second-order valence-corrected chi connectivity index (χ2v) is 6.91. The Kier molecular flexibility index (Phi) is 6.90. The Morgan fingerprint density at radius 1 is 1.21 bits per heavy atom. The number of nitrogens with zero attached hydrogens (tertiary/aromatic N) is 1. The molecule has 0 aromatic heterocycles. The Morgan fingerprint density at radius 3 is 2.71 bits per heavy atom. The van der Waals surface area contributed by atoms with Gasteiger partial charge in [-0.25, -0.2) is 0 Å². The van der Waals surface area contributed by atoms with Crippen LogP contribution in [0.25, 0.3) is 0 Å². The molecule has 1 aromatic rings. The van der Waals surface area contributed by atoms with Crippen molar-refractivity contribution in [1.29, 1.82) is 0 Å². The number of piperidine rings is 1. The summed E-state index contributed by atoms with van der Waals surface area (Å²) in [6, 6.07) is 10.9. The number of aliphatic hydroxyl groups is 1. The lowest BCUT2D eigenvalue weighted by atomic mass is 10.0. The highest BCUT2D eigenvalue weighted by molar-refractivity contribution is 5.43. The molecule has 2 heterocycles. The van der Waals surface area contributed by atoms with E-state index in [0.29, 0.717) is 25.8 Å². The summed E-state index contributed by atoms with van der Waals surface area (Å²) in [7, 11) is 0. The third kappa shape index (κ3) is 5.74. The van der Waals surface area contributed by atoms with Crippen molar-refractivity contribution in [2.75, 3.05) is 44.8 Å². The van der Waals surface area contributed by atoms with E-state index >= 15 is 0 Å². The van der Waals surface area contributed by atoms with E-state index in [0.717, 1.165) is 45.4 Å². The minimum atomic E-state index is -0.412. The molecule has 2 atom stereocenters. The number of β-amino-alcohol motifs (C(OH)–C–C–N with tert-alkyl or cyclic N) is 1. The molecule has 2 unspecified atom stereocenters. The number of benzene rings is 1. The lowest BCUT2D eigenvalue weighted by Crippen LogP contribution is -2.43. The van der Waals surface area contributed by atoms with Crippen LogP contribution in [-0.2, 0) is 9.47 Å².